The monoisotopic (exact) mass is 136 g/mol. The maximum atomic E-state index is 11.3. The molecule has 2 saturated carbocycles. The molecule has 2 unspecified atom stereocenters. The molecule has 2 rings (SSSR count). The molecule has 0 aromatic carbocycles. The van der Waals surface area contributed by atoms with Crippen molar-refractivity contribution in [3.05, 3.63) is 12.2 Å². The summed E-state index contributed by atoms with van der Waals surface area (Å²) in [5.74, 6) is 1.00. The van der Waals surface area contributed by atoms with E-state index in [9.17, 15) is 4.79 Å². The molecule has 2 fully saturated rings. The Kier molecular flexibility index (Phi) is 0.936. The number of ketones is 1. The van der Waals surface area contributed by atoms with Crippen molar-refractivity contribution < 1.29 is 4.79 Å². The smallest absolute Gasteiger partial charge is 0.139 e. The second kappa shape index (κ2) is 1.52. The summed E-state index contributed by atoms with van der Waals surface area (Å²) < 4.78 is 0. The maximum Gasteiger partial charge on any atom is 0.139 e. The van der Waals surface area contributed by atoms with Gasteiger partial charge in [-0.2, -0.15) is 0 Å². The zero-order chi connectivity index (χ0) is 7.35. The molecule has 0 aliphatic heterocycles. The van der Waals surface area contributed by atoms with E-state index in [1.807, 2.05) is 0 Å². The Bertz CT molecular complexity index is 217. The lowest BCUT2D eigenvalue weighted by Gasteiger charge is -2.42. The SMILES string of the molecule is C=C1CC2(C)C(=O)CCC12. The first-order chi connectivity index (χ1) is 4.64. The molecule has 0 heterocycles. The highest BCUT2D eigenvalue weighted by Gasteiger charge is 2.54. The van der Waals surface area contributed by atoms with Crippen LogP contribution in [-0.2, 0) is 4.79 Å². The summed E-state index contributed by atoms with van der Waals surface area (Å²) in [4.78, 5) is 11.3. The minimum Gasteiger partial charge on any atom is -0.299 e. The first-order valence-electron chi connectivity index (χ1n) is 3.85. The van der Waals surface area contributed by atoms with Crippen molar-refractivity contribution >= 4 is 5.78 Å². The molecule has 1 nitrogen and oxygen atoms in total. The van der Waals surface area contributed by atoms with Crippen LogP contribution in [0.5, 0.6) is 0 Å². The van der Waals surface area contributed by atoms with Gasteiger partial charge in [-0.25, -0.2) is 0 Å². The Balaban J connectivity index is 2.32. The number of Topliss-reactive ketones (excluding diaryl/α,β-unsaturated/α-hetero) is 1. The fourth-order valence-electron chi connectivity index (χ4n) is 2.41. The van der Waals surface area contributed by atoms with Gasteiger partial charge < -0.3 is 0 Å². The Hall–Kier alpha value is -0.590. The van der Waals surface area contributed by atoms with Crippen LogP contribution in [0.1, 0.15) is 26.2 Å². The molecule has 2 atom stereocenters. The second-order valence-electron chi connectivity index (χ2n) is 3.77. The average Bonchev–Trinajstić information content (AvgIpc) is 2.06. The van der Waals surface area contributed by atoms with Crippen LogP contribution in [0.2, 0.25) is 0 Å². The summed E-state index contributed by atoms with van der Waals surface area (Å²) in [6.45, 7) is 6.02. The first kappa shape index (κ1) is 6.14. The molecular formula is C9H12O. The van der Waals surface area contributed by atoms with Gasteiger partial charge in [0.25, 0.3) is 0 Å². The molecular weight excluding hydrogens is 124 g/mol. The predicted molar refractivity (Wildman–Crippen MR) is 39.6 cm³/mol. The van der Waals surface area contributed by atoms with Gasteiger partial charge in [0.15, 0.2) is 0 Å². The number of fused-ring (bicyclic) bond motifs is 1. The van der Waals surface area contributed by atoms with Gasteiger partial charge in [-0.05, 0) is 18.8 Å². The quantitative estimate of drug-likeness (QED) is 0.465. The van der Waals surface area contributed by atoms with Gasteiger partial charge in [0, 0.05) is 11.8 Å². The van der Waals surface area contributed by atoms with Gasteiger partial charge >= 0.3 is 0 Å². The van der Waals surface area contributed by atoms with Gasteiger partial charge in [0.1, 0.15) is 5.78 Å². The summed E-state index contributed by atoms with van der Waals surface area (Å²) in [6.07, 6.45) is 2.81. The highest BCUT2D eigenvalue weighted by atomic mass is 16.1. The zero-order valence-corrected chi connectivity index (χ0v) is 6.31. The standard InChI is InChI=1S/C9H12O/c1-6-5-9(2)7(6)3-4-8(9)10/h7H,1,3-5H2,2H3. The highest BCUT2D eigenvalue weighted by Crippen LogP contribution is 2.57. The fraction of sp³-hybridized carbons (Fsp3) is 0.667. The Morgan fingerprint density at radius 3 is 2.80 bits per heavy atom. The molecule has 2 aliphatic rings. The van der Waals surface area contributed by atoms with Crippen LogP contribution in [0, 0.1) is 11.3 Å². The molecule has 10 heavy (non-hydrogen) atoms. The first-order valence-corrected chi connectivity index (χ1v) is 3.85. The van der Waals surface area contributed by atoms with Crippen LogP contribution in [0.25, 0.3) is 0 Å². The summed E-state index contributed by atoms with van der Waals surface area (Å²) in [5.41, 5.74) is 1.32. The highest BCUT2D eigenvalue weighted by molar-refractivity contribution is 5.89. The molecule has 0 saturated heterocycles. The third-order valence-corrected chi connectivity index (χ3v) is 3.15. The minimum absolute atomic E-state index is 0.0249. The van der Waals surface area contributed by atoms with E-state index < -0.39 is 0 Å². The van der Waals surface area contributed by atoms with E-state index in [1.54, 1.807) is 0 Å². The number of carbonyl (C=O) groups is 1. The van der Waals surface area contributed by atoms with E-state index in [1.165, 1.54) is 5.57 Å². The zero-order valence-electron chi connectivity index (χ0n) is 6.31. The van der Waals surface area contributed by atoms with Crippen LogP contribution < -0.4 is 0 Å². The number of allylic oxidation sites excluding steroid dienone is 1. The van der Waals surface area contributed by atoms with E-state index in [0.29, 0.717) is 11.7 Å². The lowest BCUT2D eigenvalue weighted by Crippen LogP contribution is -2.39. The lowest BCUT2D eigenvalue weighted by molar-refractivity contribution is -0.128. The Morgan fingerprint density at radius 1 is 1.70 bits per heavy atom. The van der Waals surface area contributed by atoms with Crippen molar-refractivity contribution in [1.29, 1.82) is 0 Å². The van der Waals surface area contributed by atoms with Crippen molar-refractivity contribution in [1.82, 2.24) is 0 Å². The van der Waals surface area contributed by atoms with E-state index >= 15 is 0 Å². The van der Waals surface area contributed by atoms with Gasteiger partial charge in [-0.1, -0.05) is 19.1 Å². The summed E-state index contributed by atoms with van der Waals surface area (Å²) in [6, 6.07) is 0. The van der Waals surface area contributed by atoms with Crippen LogP contribution in [-0.4, -0.2) is 5.78 Å². The van der Waals surface area contributed by atoms with Gasteiger partial charge in [-0.15, -0.1) is 0 Å². The van der Waals surface area contributed by atoms with E-state index in [-0.39, 0.29) is 5.41 Å². The molecule has 0 amide bonds. The predicted octanol–water partition coefficient (Wildman–Crippen LogP) is 1.93. The van der Waals surface area contributed by atoms with Crippen molar-refractivity contribution in [2.24, 2.45) is 11.3 Å². The van der Waals surface area contributed by atoms with Crippen molar-refractivity contribution in [2.75, 3.05) is 0 Å². The molecule has 0 aromatic heterocycles. The van der Waals surface area contributed by atoms with Crippen molar-refractivity contribution in [3.8, 4) is 0 Å². The topological polar surface area (TPSA) is 17.1 Å². The third kappa shape index (κ3) is 0.472. The van der Waals surface area contributed by atoms with Gasteiger partial charge in [-0.3, -0.25) is 4.79 Å². The summed E-state index contributed by atoms with van der Waals surface area (Å²) >= 11 is 0. The number of rotatable bonds is 0. The average molecular weight is 136 g/mol. The number of hydrogen-bond acceptors (Lipinski definition) is 1. The second-order valence-corrected chi connectivity index (χ2v) is 3.77. The Labute approximate surface area is 61.1 Å². The van der Waals surface area contributed by atoms with Gasteiger partial charge in [0.2, 0.25) is 0 Å². The minimum atomic E-state index is 0.0249. The van der Waals surface area contributed by atoms with Crippen molar-refractivity contribution in [3.63, 3.8) is 0 Å². The molecule has 0 spiro atoms. The van der Waals surface area contributed by atoms with Crippen LogP contribution in [0.15, 0.2) is 12.2 Å². The van der Waals surface area contributed by atoms with Crippen LogP contribution in [0.3, 0.4) is 0 Å². The molecule has 0 aromatic rings. The molecule has 0 radical (unpaired) electrons. The van der Waals surface area contributed by atoms with E-state index in [4.69, 9.17) is 0 Å². The largest absolute Gasteiger partial charge is 0.299 e. The maximum absolute atomic E-state index is 11.3. The molecule has 1 heteroatoms. The summed E-state index contributed by atoms with van der Waals surface area (Å²) in [5, 5.41) is 0. The fourth-order valence-corrected chi connectivity index (χ4v) is 2.41. The van der Waals surface area contributed by atoms with Crippen LogP contribution in [0.4, 0.5) is 0 Å². The van der Waals surface area contributed by atoms with E-state index in [0.717, 1.165) is 19.3 Å². The molecule has 0 N–H and O–H groups in total. The normalized spacial score (nSPS) is 45.1. The molecule has 2 aliphatic carbocycles. The number of hydrogen-bond donors (Lipinski definition) is 0. The molecule has 54 valence electrons. The van der Waals surface area contributed by atoms with Crippen molar-refractivity contribution in [2.45, 2.75) is 26.2 Å². The lowest BCUT2D eigenvalue weighted by atomic mass is 9.60. The van der Waals surface area contributed by atoms with Gasteiger partial charge in [0.05, 0.1) is 0 Å². The van der Waals surface area contributed by atoms with E-state index in [2.05, 4.69) is 13.5 Å². The molecule has 0 bridgehead atoms. The van der Waals surface area contributed by atoms with Crippen LogP contribution >= 0.6 is 0 Å². The third-order valence-electron chi connectivity index (χ3n) is 3.15. The number of carbonyl (C=O) groups excluding carboxylic acids is 1. The summed E-state index contributed by atoms with van der Waals surface area (Å²) in [7, 11) is 0. The Morgan fingerprint density at radius 2 is 2.40 bits per heavy atom.